The van der Waals surface area contributed by atoms with Crippen LogP contribution in [0.15, 0.2) is 24.3 Å². The van der Waals surface area contributed by atoms with Gasteiger partial charge in [-0.3, -0.25) is 0 Å². The summed E-state index contributed by atoms with van der Waals surface area (Å²) >= 11 is 1.93. The van der Waals surface area contributed by atoms with E-state index in [2.05, 4.69) is 26.1 Å². The number of halogens is 1. The van der Waals surface area contributed by atoms with E-state index >= 15 is 0 Å². The van der Waals surface area contributed by atoms with Crippen molar-refractivity contribution in [1.82, 2.24) is 5.32 Å². The van der Waals surface area contributed by atoms with Gasteiger partial charge in [-0.05, 0) is 31.2 Å². The van der Waals surface area contributed by atoms with Gasteiger partial charge in [-0.15, -0.1) is 0 Å². The zero-order valence-corrected chi connectivity index (χ0v) is 11.9. The molecule has 0 aliphatic carbocycles. The molecule has 1 aromatic carbocycles. The highest BCUT2D eigenvalue weighted by atomic mass is 32.2. The summed E-state index contributed by atoms with van der Waals surface area (Å²) in [6.07, 6.45) is 0.872. The molecular formula is C14H22FNS. The van der Waals surface area contributed by atoms with Crippen LogP contribution in [0.3, 0.4) is 0 Å². The first kappa shape index (κ1) is 14.5. The molecule has 17 heavy (non-hydrogen) atoms. The van der Waals surface area contributed by atoms with Crippen LogP contribution < -0.4 is 5.32 Å². The number of nitrogens with one attached hydrogen (secondary N) is 1. The lowest BCUT2D eigenvalue weighted by Crippen LogP contribution is -2.31. The summed E-state index contributed by atoms with van der Waals surface area (Å²) in [7, 11) is 1.97. The van der Waals surface area contributed by atoms with Crippen molar-refractivity contribution < 1.29 is 4.39 Å². The quantitative estimate of drug-likeness (QED) is 0.864. The van der Waals surface area contributed by atoms with Crippen LogP contribution in [0.25, 0.3) is 0 Å². The number of rotatable bonds is 5. The lowest BCUT2D eigenvalue weighted by atomic mass is 10.1. The summed E-state index contributed by atoms with van der Waals surface area (Å²) in [5.41, 5.74) is 1.05. The lowest BCUT2D eigenvalue weighted by Gasteiger charge is -2.22. The number of thioether (sulfide) groups is 1. The van der Waals surface area contributed by atoms with Crippen molar-refractivity contribution in [2.75, 3.05) is 12.8 Å². The van der Waals surface area contributed by atoms with Crippen molar-refractivity contribution in [3.05, 3.63) is 35.6 Å². The van der Waals surface area contributed by atoms with E-state index in [1.54, 1.807) is 12.1 Å². The molecule has 0 heterocycles. The predicted octanol–water partition coefficient (Wildman–Crippen LogP) is 3.49. The van der Waals surface area contributed by atoms with Gasteiger partial charge in [0.1, 0.15) is 5.82 Å². The molecule has 96 valence electrons. The minimum atomic E-state index is -0.152. The molecule has 0 bridgehead atoms. The average molecular weight is 255 g/mol. The Morgan fingerprint density at radius 1 is 1.35 bits per heavy atom. The first-order valence-electron chi connectivity index (χ1n) is 5.96. The Bertz CT molecular complexity index is 346. The van der Waals surface area contributed by atoms with Crippen LogP contribution in [0.5, 0.6) is 0 Å². The van der Waals surface area contributed by atoms with E-state index in [-0.39, 0.29) is 10.6 Å². The molecule has 1 nitrogen and oxygen atoms in total. The second kappa shape index (κ2) is 6.41. The van der Waals surface area contributed by atoms with Crippen LogP contribution in [-0.4, -0.2) is 23.6 Å². The highest BCUT2D eigenvalue weighted by molar-refractivity contribution is 8.00. The SMILES string of the molecule is CNC(CSC(C)(C)C)Cc1cccc(F)c1. The van der Waals surface area contributed by atoms with Gasteiger partial charge in [0, 0.05) is 16.5 Å². The van der Waals surface area contributed by atoms with E-state index in [0.717, 1.165) is 17.7 Å². The molecule has 0 fully saturated rings. The normalized spacial score (nSPS) is 13.7. The standard InChI is InChI=1S/C14H22FNS/c1-14(2,3)17-10-13(16-4)9-11-6-5-7-12(15)8-11/h5-8,13,16H,9-10H2,1-4H3. The van der Waals surface area contributed by atoms with E-state index in [1.165, 1.54) is 6.07 Å². The second-order valence-electron chi connectivity index (χ2n) is 5.24. The Morgan fingerprint density at radius 3 is 2.59 bits per heavy atom. The molecule has 1 unspecified atom stereocenters. The molecule has 1 N–H and O–H groups in total. The number of hydrogen-bond donors (Lipinski definition) is 1. The molecule has 0 saturated carbocycles. The van der Waals surface area contributed by atoms with Gasteiger partial charge in [-0.2, -0.15) is 11.8 Å². The maximum Gasteiger partial charge on any atom is 0.123 e. The second-order valence-corrected chi connectivity index (χ2v) is 7.09. The summed E-state index contributed by atoms with van der Waals surface area (Å²) < 4.78 is 13.3. The van der Waals surface area contributed by atoms with Crippen LogP contribution >= 0.6 is 11.8 Å². The minimum absolute atomic E-state index is 0.152. The smallest absolute Gasteiger partial charge is 0.123 e. The van der Waals surface area contributed by atoms with Gasteiger partial charge >= 0.3 is 0 Å². The maximum atomic E-state index is 13.1. The molecule has 0 saturated heterocycles. The van der Waals surface area contributed by atoms with Crippen molar-refractivity contribution in [3.8, 4) is 0 Å². The van der Waals surface area contributed by atoms with Crippen molar-refractivity contribution in [2.45, 2.75) is 38.0 Å². The first-order valence-corrected chi connectivity index (χ1v) is 6.95. The van der Waals surface area contributed by atoms with Crippen LogP contribution in [0.1, 0.15) is 26.3 Å². The fraction of sp³-hybridized carbons (Fsp3) is 0.571. The molecule has 0 amide bonds. The Kier molecular flexibility index (Phi) is 5.47. The summed E-state index contributed by atoms with van der Waals surface area (Å²) in [4.78, 5) is 0. The van der Waals surface area contributed by atoms with E-state index < -0.39 is 0 Å². The third-order valence-electron chi connectivity index (χ3n) is 2.50. The molecule has 0 radical (unpaired) electrons. The van der Waals surface area contributed by atoms with Gasteiger partial charge in [-0.25, -0.2) is 4.39 Å². The van der Waals surface area contributed by atoms with E-state index in [9.17, 15) is 4.39 Å². The van der Waals surface area contributed by atoms with E-state index in [0.29, 0.717) is 6.04 Å². The van der Waals surface area contributed by atoms with Gasteiger partial charge in [-0.1, -0.05) is 32.9 Å². The number of likely N-dealkylation sites (N-methyl/N-ethyl adjacent to an activating group) is 1. The van der Waals surface area contributed by atoms with Crippen LogP contribution in [-0.2, 0) is 6.42 Å². The van der Waals surface area contributed by atoms with Crippen LogP contribution in [0, 0.1) is 5.82 Å². The van der Waals surface area contributed by atoms with Crippen molar-refractivity contribution >= 4 is 11.8 Å². The molecule has 1 rings (SSSR count). The van der Waals surface area contributed by atoms with Crippen molar-refractivity contribution in [2.24, 2.45) is 0 Å². The third kappa shape index (κ3) is 6.08. The zero-order chi connectivity index (χ0) is 12.9. The molecule has 0 spiro atoms. The monoisotopic (exact) mass is 255 g/mol. The molecule has 3 heteroatoms. The van der Waals surface area contributed by atoms with Gasteiger partial charge in [0.15, 0.2) is 0 Å². The topological polar surface area (TPSA) is 12.0 Å². The fourth-order valence-electron chi connectivity index (χ4n) is 1.54. The number of hydrogen-bond acceptors (Lipinski definition) is 2. The number of benzene rings is 1. The van der Waals surface area contributed by atoms with Gasteiger partial charge in [0.25, 0.3) is 0 Å². The van der Waals surface area contributed by atoms with Gasteiger partial charge in [0.2, 0.25) is 0 Å². The van der Waals surface area contributed by atoms with Gasteiger partial charge < -0.3 is 5.32 Å². The first-order chi connectivity index (χ1) is 7.90. The average Bonchev–Trinajstić information content (AvgIpc) is 2.23. The van der Waals surface area contributed by atoms with Gasteiger partial charge in [0.05, 0.1) is 0 Å². The van der Waals surface area contributed by atoms with Crippen molar-refractivity contribution in [1.29, 1.82) is 0 Å². The van der Waals surface area contributed by atoms with Crippen LogP contribution in [0.4, 0.5) is 4.39 Å². The summed E-state index contributed by atoms with van der Waals surface area (Å²) in [6.45, 7) is 6.64. The summed E-state index contributed by atoms with van der Waals surface area (Å²) in [5.74, 6) is 0.886. The molecule has 0 aromatic heterocycles. The highest BCUT2D eigenvalue weighted by Gasteiger charge is 2.15. The Morgan fingerprint density at radius 2 is 2.06 bits per heavy atom. The largest absolute Gasteiger partial charge is 0.316 e. The maximum absolute atomic E-state index is 13.1. The van der Waals surface area contributed by atoms with E-state index in [4.69, 9.17) is 0 Å². The predicted molar refractivity (Wildman–Crippen MR) is 75.2 cm³/mol. The summed E-state index contributed by atoms with van der Waals surface area (Å²) in [5, 5.41) is 3.30. The Labute approximate surface area is 108 Å². The van der Waals surface area contributed by atoms with Crippen LogP contribution in [0.2, 0.25) is 0 Å². The zero-order valence-electron chi connectivity index (χ0n) is 11.1. The molecule has 0 aliphatic heterocycles. The molecule has 0 aliphatic rings. The Balaban J connectivity index is 2.52. The highest BCUT2D eigenvalue weighted by Crippen LogP contribution is 2.24. The molecule has 1 atom stereocenters. The Hall–Kier alpha value is -0.540. The fourth-order valence-corrected chi connectivity index (χ4v) is 2.53. The minimum Gasteiger partial charge on any atom is -0.316 e. The molecule has 1 aromatic rings. The summed E-state index contributed by atoms with van der Waals surface area (Å²) in [6, 6.07) is 7.25. The molecular weight excluding hydrogens is 233 g/mol. The third-order valence-corrected chi connectivity index (χ3v) is 3.93. The van der Waals surface area contributed by atoms with Crippen molar-refractivity contribution in [3.63, 3.8) is 0 Å². The van der Waals surface area contributed by atoms with E-state index in [1.807, 2.05) is 24.9 Å². The lowest BCUT2D eigenvalue weighted by molar-refractivity contribution is 0.600.